The lowest BCUT2D eigenvalue weighted by molar-refractivity contribution is -0.147. The zero-order chi connectivity index (χ0) is 37.1. The van der Waals surface area contributed by atoms with Gasteiger partial charge in [-0.2, -0.15) is 0 Å². The number of carbonyl (C=O) groups excluding carboxylic acids is 2. The van der Waals surface area contributed by atoms with Crippen molar-refractivity contribution in [1.29, 1.82) is 0 Å². The number of aliphatic hydroxyl groups is 1. The lowest BCUT2D eigenvalue weighted by Gasteiger charge is -2.18. The van der Waals surface area contributed by atoms with Crippen LogP contribution in [0.3, 0.4) is 0 Å². The fraction of sp³-hybridized carbons (Fsp3) is 0.816. The van der Waals surface area contributed by atoms with E-state index in [2.05, 4.69) is 43.5 Å². The van der Waals surface area contributed by atoms with Gasteiger partial charge in [0.25, 0.3) is 0 Å². The van der Waals surface area contributed by atoms with Gasteiger partial charge in [-0.15, -0.1) is 0 Å². The zero-order valence-electron chi connectivity index (χ0n) is 31.2. The summed E-state index contributed by atoms with van der Waals surface area (Å²) in [7, 11) is -4.75. The molecule has 50 heavy (non-hydrogen) atoms. The Hall–Kier alpha value is -2.04. The quantitative estimate of drug-likeness (QED) is 0.0211. The highest BCUT2D eigenvalue weighted by Crippen LogP contribution is 2.43. The number of nitrogens with one attached hydrogen (secondary N) is 1. The van der Waals surface area contributed by atoms with Crippen LogP contribution in [0.15, 0.2) is 24.3 Å². The predicted molar refractivity (Wildman–Crippen MR) is 199 cm³/mol. The molecule has 0 aromatic heterocycles. The summed E-state index contributed by atoms with van der Waals surface area (Å²) < 4.78 is 26.7. The molecule has 3 unspecified atom stereocenters. The number of rotatable bonds is 36. The Morgan fingerprint density at radius 1 is 0.620 bits per heavy atom. The Kier molecular flexibility index (Phi) is 32.7. The van der Waals surface area contributed by atoms with E-state index in [1.54, 1.807) is 0 Å². The molecule has 0 fully saturated rings. The summed E-state index contributed by atoms with van der Waals surface area (Å²) in [6.45, 7) is 2.49. The second-order valence-corrected chi connectivity index (χ2v) is 14.6. The molecule has 0 aliphatic heterocycles. The van der Waals surface area contributed by atoms with Crippen molar-refractivity contribution >= 4 is 25.7 Å². The highest BCUT2D eigenvalue weighted by atomic mass is 31.2. The molecule has 0 bridgehead atoms. The molecule has 0 aromatic carbocycles. The summed E-state index contributed by atoms with van der Waals surface area (Å²) in [5.74, 6) is -2.40. The van der Waals surface area contributed by atoms with Gasteiger partial charge in [-0.25, -0.2) is 9.36 Å². The number of amides is 1. The van der Waals surface area contributed by atoms with Crippen molar-refractivity contribution in [2.75, 3.05) is 19.8 Å². The third-order valence-corrected chi connectivity index (χ3v) is 9.14. The molecule has 0 heterocycles. The Labute approximate surface area is 302 Å². The van der Waals surface area contributed by atoms with Crippen LogP contribution in [-0.2, 0) is 32.7 Å². The fourth-order valence-corrected chi connectivity index (χ4v) is 5.91. The molecule has 0 radical (unpaired) electrons. The van der Waals surface area contributed by atoms with Crippen LogP contribution in [0.5, 0.6) is 0 Å². The number of carboxylic acids is 1. The molecule has 0 rings (SSSR count). The van der Waals surface area contributed by atoms with Crippen LogP contribution in [0.2, 0.25) is 0 Å². The summed E-state index contributed by atoms with van der Waals surface area (Å²) >= 11 is 0. The maximum atomic E-state index is 12.3. The molecule has 1 amide bonds. The molecular formula is C38H70NO10P. The molecule has 12 heteroatoms. The number of esters is 1. The van der Waals surface area contributed by atoms with Crippen LogP contribution in [0, 0.1) is 0 Å². The van der Waals surface area contributed by atoms with Crippen LogP contribution in [0.4, 0.5) is 0 Å². The number of carbonyl (C=O) groups is 3. The first-order valence-electron chi connectivity index (χ1n) is 19.4. The van der Waals surface area contributed by atoms with E-state index in [4.69, 9.17) is 13.8 Å². The van der Waals surface area contributed by atoms with Crippen molar-refractivity contribution in [2.24, 2.45) is 0 Å². The SMILES string of the molecule is CCC/C=C\CCCCCCCC(=O)OCC(O)COP(=O)(O)OCC(NC(=O)CCCCCCC/C=C\CCCCCCCCC)C(=O)O. The molecule has 0 saturated carbocycles. The maximum absolute atomic E-state index is 12.3. The number of ether oxygens (including phenoxy) is 1. The average Bonchev–Trinajstić information content (AvgIpc) is 3.08. The third-order valence-electron chi connectivity index (χ3n) is 8.19. The first kappa shape index (κ1) is 48.0. The molecule has 0 aromatic rings. The highest BCUT2D eigenvalue weighted by molar-refractivity contribution is 7.47. The van der Waals surface area contributed by atoms with Crippen molar-refractivity contribution in [1.82, 2.24) is 5.32 Å². The number of phosphoric ester groups is 1. The lowest BCUT2D eigenvalue weighted by Crippen LogP contribution is -2.43. The van der Waals surface area contributed by atoms with E-state index in [0.717, 1.165) is 83.5 Å². The molecule has 11 nitrogen and oxygen atoms in total. The summed E-state index contributed by atoms with van der Waals surface area (Å²) in [6, 6.07) is -1.55. The van der Waals surface area contributed by atoms with Crippen molar-refractivity contribution in [3.63, 3.8) is 0 Å². The van der Waals surface area contributed by atoms with Crippen LogP contribution in [0.25, 0.3) is 0 Å². The Bertz CT molecular complexity index is 958. The van der Waals surface area contributed by atoms with Gasteiger partial charge in [0.1, 0.15) is 12.7 Å². The second-order valence-electron chi connectivity index (χ2n) is 13.1. The van der Waals surface area contributed by atoms with Gasteiger partial charge in [-0.3, -0.25) is 18.6 Å². The molecule has 292 valence electrons. The van der Waals surface area contributed by atoms with E-state index < -0.39 is 57.6 Å². The van der Waals surface area contributed by atoms with Crippen molar-refractivity contribution in [3.05, 3.63) is 24.3 Å². The van der Waals surface area contributed by atoms with Gasteiger partial charge in [0.05, 0.1) is 13.2 Å². The van der Waals surface area contributed by atoms with E-state index in [-0.39, 0.29) is 12.8 Å². The van der Waals surface area contributed by atoms with Gasteiger partial charge in [0, 0.05) is 12.8 Å². The van der Waals surface area contributed by atoms with Gasteiger partial charge >= 0.3 is 19.8 Å². The first-order chi connectivity index (χ1) is 24.1. The van der Waals surface area contributed by atoms with Crippen LogP contribution in [-0.4, -0.2) is 64.9 Å². The lowest BCUT2D eigenvalue weighted by atomic mass is 10.1. The molecule has 0 aliphatic carbocycles. The van der Waals surface area contributed by atoms with E-state index in [0.29, 0.717) is 12.8 Å². The normalized spacial score (nSPS) is 14.2. The number of hydrogen-bond donors (Lipinski definition) is 4. The minimum absolute atomic E-state index is 0.136. The van der Waals surface area contributed by atoms with Gasteiger partial charge < -0.3 is 25.2 Å². The monoisotopic (exact) mass is 731 g/mol. The van der Waals surface area contributed by atoms with E-state index in [9.17, 15) is 34.1 Å². The van der Waals surface area contributed by atoms with Crippen LogP contribution in [0.1, 0.15) is 168 Å². The molecule has 0 saturated heterocycles. The van der Waals surface area contributed by atoms with Crippen LogP contribution < -0.4 is 5.32 Å². The summed E-state index contributed by atoms with van der Waals surface area (Å²) in [4.78, 5) is 45.6. The van der Waals surface area contributed by atoms with E-state index >= 15 is 0 Å². The zero-order valence-corrected chi connectivity index (χ0v) is 32.1. The molecule has 3 atom stereocenters. The number of phosphoric acid groups is 1. The van der Waals surface area contributed by atoms with E-state index in [1.807, 2.05) is 0 Å². The Morgan fingerprint density at radius 2 is 1.08 bits per heavy atom. The number of aliphatic hydroxyl groups excluding tert-OH is 1. The van der Waals surface area contributed by atoms with Crippen molar-refractivity contribution in [2.45, 2.75) is 180 Å². The molecule has 0 aliphatic rings. The average molecular weight is 732 g/mol. The Morgan fingerprint density at radius 3 is 1.60 bits per heavy atom. The number of carboxylic acid groups (broad SMARTS) is 1. The van der Waals surface area contributed by atoms with Crippen molar-refractivity contribution in [3.8, 4) is 0 Å². The van der Waals surface area contributed by atoms with Crippen molar-refractivity contribution < 1.29 is 47.8 Å². The number of allylic oxidation sites excluding steroid dienone is 4. The molecular weight excluding hydrogens is 661 g/mol. The maximum Gasteiger partial charge on any atom is 0.472 e. The van der Waals surface area contributed by atoms with Gasteiger partial charge in [-0.1, -0.05) is 122 Å². The second kappa shape index (κ2) is 34.1. The largest absolute Gasteiger partial charge is 0.480 e. The topological polar surface area (TPSA) is 169 Å². The number of unbranched alkanes of at least 4 members (excludes halogenated alkanes) is 18. The number of aliphatic carboxylic acids is 1. The summed E-state index contributed by atoms with van der Waals surface area (Å²) in [5, 5.41) is 21.7. The minimum Gasteiger partial charge on any atom is -0.480 e. The number of hydrogen-bond acceptors (Lipinski definition) is 8. The first-order valence-corrected chi connectivity index (χ1v) is 20.9. The fourth-order valence-electron chi connectivity index (χ4n) is 5.13. The van der Waals surface area contributed by atoms with Gasteiger partial charge in [0.2, 0.25) is 5.91 Å². The minimum atomic E-state index is -4.75. The molecule has 4 N–H and O–H groups in total. The van der Waals surface area contributed by atoms with Gasteiger partial charge in [0.15, 0.2) is 6.04 Å². The third kappa shape index (κ3) is 33.1. The Balaban J connectivity index is 3.98. The standard InChI is InChI=1S/C38H70NO10P/c1-3-5-7-9-11-13-15-16-17-18-19-20-21-23-25-27-29-36(41)39-35(38(43)44)33-49-50(45,46)48-32-34(40)31-47-37(42)30-28-26-24-22-14-12-10-8-6-4-2/h8,10,17-18,34-35,40H,3-7,9,11-16,19-33H2,1-2H3,(H,39,41)(H,43,44)(H,45,46)/b10-8-,18-17-. The van der Waals surface area contributed by atoms with Crippen LogP contribution >= 0.6 is 7.82 Å². The smallest absolute Gasteiger partial charge is 0.472 e. The summed E-state index contributed by atoms with van der Waals surface area (Å²) in [5.41, 5.74) is 0. The molecule has 0 spiro atoms. The predicted octanol–water partition coefficient (Wildman–Crippen LogP) is 9.11. The summed E-state index contributed by atoms with van der Waals surface area (Å²) in [6.07, 6.45) is 32.1. The van der Waals surface area contributed by atoms with E-state index in [1.165, 1.54) is 44.9 Å². The van der Waals surface area contributed by atoms with Gasteiger partial charge in [-0.05, 0) is 57.8 Å². The highest BCUT2D eigenvalue weighted by Gasteiger charge is 2.28.